The molecule has 0 fully saturated rings. The lowest BCUT2D eigenvalue weighted by Crippen LogP contribution is -2.23. The average Bonchev–Trinajstić information content (AvgIpc) is 2.52. The molecular weight excluding hydrogens is 374 g/mol. The zero-order valence-electron chi connectivity index (χ0n) is 13.6. The Labute approximate surface area is 149 Å². The van der Waals surface area contributed by atoms with Gasteiger partial charge in [0.25, 0.3) is 5.91 Å². The van der Waals surface area contributed by atoms with Crippen molar-refractivity contribution in [1.29, 1.82) is 0 Å². The van der Waals surface area contributed by atoms with Crippen molar-refractivity contribution in [3.05, 3.63) is 58.1 Å². The molecule has 0 unspecified atom stereocenters. The summed E-state index contributed by atoms with van der Waals surface area (Å²) < 4.78 is 52.1. The van der Waals surface area contributed by atoms with Crippen LogP contribution >= 0.6 is 11.6 Å². The molecule has 0 saturated carbocycles. The van der Waals surface area contributed by atoms with Gasteiger partial charge in [-0.3, -0.25) is 4.79 Å². The van der Waals surface area contributed by atoms with Gasteiger partial charge in [-0.05, 0) is 36.8 Å². The quantitative estimate of drug-likeness (QED) is 0.816. The standard InChI is InChI=1S/C16H15ClF2N2O3S/c1-9-4-5-10(6-15(9)25(23,24)21(2)3)20-16(22)11-7-13(18)14(19)8-12(11)17/h4-8H,1-3H3,(H,20,22). The molecule has 2 aromatic rings. The average molecular weight is 389 g/mol. The molecule has 0 aliphatic heterocycles. The van der Waals surface area contributed by atoms with E-state index in [0.29, 0.717) is 17.7 Å². The molecule has 0 bridgehead atoms. The van der Waals surface area contributed by atoms with Gasteiger partial charge in [-0.25, -0.2) is 21.5 Å². The number of carbonyl (C=O) groups is 1. The van der Waals surface area contributed by atoms with Crippen LogP contribution in [0, 0.1) is 18.6 Å². The van der Waals surface area contributed by atoms with Crippen LogP contribution in [-0.2, 0) is 10.0 Å². The fourth-order valence-corrected chi connectivity index (χ4v) is 3.43. The molecule has 1 N–H and O–H groups in total. The van der Waals surface area contributed by atoms with E-state index in [2.05, 4.69) is 5.32 Å². The SMILES string of the molecule is Cc1ccc(NC(=O)c2cc(F)c(F)cc2Cl)cc1S(=O)(=O)N(C)C. The first-order valence-corrected chi connectivity index (χ1v) is 8.85. The van der Waals surface area contributed by atoms with Crippen LogP contribution in [0.4, 0.5) is 14.5 Å². The van der Waals surface area contributed by atoms with E-state index >= 15 is 0 Å². The first kappa shape index (κ1) is 19.3. The van der Waals surface area contributed by atoms with Gasteiger partial charge in [-0.2, -0.15) is 0 Å². The van der Waals surface area contributed by atoms with Crippen molar-refractivity contribution in [2.24, 2.45) is 0 Å². The number of carbonyl (C=O) groups excluding carboxylic acids is 1. The van der Waals surface area contributed by atoms with Crippen molar-refractivity contribution < 1.29 is 22.0 Å². The van der Waals surface area contributed by atoms with Crippen LogP contribution in [0.3, 0.4) is 0 Å². The molecule has 0 atom stereocenters. The molecule has 0 aliphatic rings. The molecule has 0 saturated heterocycles. The third kappa shape index (κ3) is 3.97. The van der Waals surface area contributed by atoms with Gasteiger partial charge in [-0.1, -0.05) is 17.7 Å². The van der Waals surface area contributed by atoms with Crippen LogP contribution in [0.1, 0.15) is 15.9 Å². The summed E-state index contributed by atoms with van der Waals surface area (Å²) in [5, 5.41) is 2.17. The van der Waals surface area contributed by atoms with Crippen LogP contribution < -0.4 is 5.32 Å². The van der Waals surface area contributed by atoms with E-state index in [-0.39, 0.29) is 21.2 Å². The summed E-state index contributed by atoms with van der Waals surface area (Å²) in [6, 6.07) is 5.69. The van der Waals surface area contributed by atoms with Crippen LogP contribution in [-0.4, -0.2) is 32.7 Å². The zero-order chi connectivity index (χ0) is 18.9. The van der Waals surface area contributed by atoms with Gasteiger partial charge >= 0.3 is 0 Å². The minimum absolute atomic E-state index is 0.0201. The van der Waals surface area contributed by atoms with Crippen molar-refractivity contribution in [1.82, 2.24) is 4.31 Å². The number of halogens is 3. The number of anilines is 1. The molecule has 0 spiro atoms. The Morgan fingerprint density at radius 2 is 1.72 bits per heavy atom. The molecule has 1 amide bonds. The van der Waals surface area contributed by atoms with E-state index in [1.165, 1.54) is 32.3 Å². The summed E-state index contributed by atoms with van der Waals surface area (Å²) in [6.07, 6.45) is 0. The number of hydrogen-bond acceptors (Lipinski definition) is 3. The van der Waals surface area contributed by atoms with E-state index in [1.807, 2.05) is 0 Å². The zero-order valence-corrected chi connectivity index (χ0v) is 15.2. The van der Waals surface area contributed by atoms with Gasteiger partial charge < -0.3 is 5.32 Å². The maximum absolute atomic E-state index is 13.3. The topological polar surface area (TPSA) is 66.5 Å². The van der Waals surface area contributed by atoms with Crippen LogP contribution in [0.15, 0.2) is 35.2 Å². The molecular formula is C16H15ClF2N2O3S. The number of nitrogens with one attached hydrogen (secondary N) is 1. The van der Waals surface area contributed by atoms with E-state index in [9.17, 15) is 22.0 Å². The number of amides is 1. The van der Waals surface area contributed by atoms with E-state index in [4.69, 9.17) is 11.6 Å². The van der Waals surface area contributed by atoms with Gasteiger partial charge in [0.2, 0.25) is 10.0 Å². The Balaban J connectivity index is 2.39. The van der Waals surface area contributed by atoms with Gasteiger partial charge in [0.1, 0.15) is 0 Å². The normalized spacial score (nSPS) is 11.6. The third-order valence-corrected chi connectivity index (χ3v) is 5.73. The lowest BCUT2D eigenvalue weighted by Gasteiger charge is -2.15. The van der Waals surface area contributed by atoms with E-state index < -0.39 is 27.6 Å². The predicted molar refractivity (Wildman–Crippen MR) is 91.4 cm³/mol. The number of aryl methyl sites for hydroxylation is 1. The highest BCUT2D eigenvalue weighted by Crippen LogP contribution is 2.25. The van der Waals surface area contributed by atoms with Crippen molar-refractivity contribution in [2.75, 3.05) is 19.4 Å². The molecule has 0 radical (unpaired) electrons. The largest absolute Gasteiger partial charge is 0.322 e. The second kappa shape index (κ2) is 7.07. The smallest absolute Gasteiger partial charge is 0.257 e. The Hall–Kier alpha value is -2.03. The fraction of sp³-hybridized carbons (Fsp3) is 0.188. The summed E-state index contributed by atoms with van der Waals surface area (Å²) in [5.41, 5.74) is 0.410. The summed E-state index contributed by atoms with van der Waals surface area (Å²) >= 11 is 5.76. The van der Waals surface area contributed by atoms with Crippen LogP contribution in [0.5, 0.6) is 0 Å². The summed E-state index contributed by atoms with van der Waals surface area (Å²) in [6.45, 7) is 1.62. The second-order valence-electron chi connectivity index (χ2n) is 5.47. The number of benzene rings is 2. The predicted octanol–water partition coefficient (Wildman–Crippen LogP) is 3.43. The monoisotopic (exact) mass is 388 g/mol. The maximum atomic E-state index is 13.3. The van der Waals surface area contributed by atoms with Crippen LogP contribution in [0.2, 0.25) is 5.02 Å². The molecule has 9 heteroatoms. The lowest BCUT2D eigenvalue weighted by molar-refractivity contribution is 0.102. The fourth-order valence-electron chi connectivity index (χ4n) is 2.05. The number of sulfonamides is 1. The Morgan fingerprint density at radius 3 is 2.32 bits per heavy atom. The Bertz CT molecular complexity index is 947. The highest BCUT2D eigenvalue weighted by atomic mass is 35.5. The summed E-state index contributed by atoms with van der Waals surface area (Å²) in [4.78, 5) is 12.3. The molecule has 0 heterocycles. The van der Waals surface area contributed by atoms with Gasteiger partial charge in [0.15, 0.2) is 11.6 Å². The lowest BCUT2D eigenvalue weighted by atomic mass is 10.1. The van der Waals surface area contributed by atoms with E-state index in [1.54, 1.807) is 6.92 Å². The molecule has 0 aliphatic carbocycles. The van der Waals surface area contributed by atoms with Crippen molar-refractivity contribution in [3.63, 3.8) is 0 Å². The second-order valence-corrected chi connectivity index (χ2v) is 8.00. The first-order valence-electron chi connectivity index (χ1n) is 7.03. The summed E-state index contributed by atoms with van der Waals surface area (Å²) in [7, 11) is -0.925. The minimum atomic E-state index is -3.70. The van der Waals surface area contributed by atoms with Crippen molar-refractivity contribution in [3.8, 4) is 0 Å². The van der Waals surface area contributed by atoms with Gasteiger partial charge in [-0.15, -0.1) is 0 Å². The minimum Gasteiger partial charge on any atom is -0.322 e. The molecule has 5 nitrogen and oxygen atoms in total. The molecule has 25 heavy (non-hydrogen) atoms. The highest BCUT2D eigenvalue weighted by Gasteiger charge is 2.21. The number of rotatable bonds is 4. The number of nitrogens with zero attached hydrogens (tertiary/aromatic N) is 1. The molecule has 0 aromatic heterocycles. The Morgan fingerprint density at radius 1 is 1.12 bits per heavy atom. The van der Waals surface area contributed by atoms with Crippen molar-refractivity contribution >= 4 is 33.2 Å². The molecule has 2 rings (SSSR count). The van der Waals surface area contributed by atoms with Crippen LogP contribution in [0.25, 0.3) is 0 Å². The third-order valence-electron chi connectivity index (χ3n) is 3.46. The highest BCUT2D eigenvalue weighted by molar-refractivity contribution is 7.89. The van der Waals surface area contributed by atoms with Gasteiger partial charge in [0, 0.05) is 19.8 Å². The molecule has 134 valence electrons. The van der Waals surface area contributed by atoms with E-state index in [0.717, 1.165) is 4.31 Å². The Kier molecular flexibility index (Phi) is 5.46. The van der Waals surface area contributed by atoms with Gasteiger partial charge in [0.05, 0.1) is 15.5 Å². The first-order chi connectivity index (χ1) is 11.5. The summed E-state index contributed by atoms with van der Waals surface area (Å²) in [5.74, 6) is -3.17. The number of hydrogen-bond donors (Lipinski definition) is 1. The maximum Gasteiger partial charge on any atom is 0.257 e. The molecule has 2 aromatic carbocycles. The van der Waals surface area contributed by atoms with Crippen molar-refractivity contribution in [2.45, 2.75) is 11.8 Å².